The summed E-state index contributed by atoms with van der Waals surface area (Å²) in [5, 5.41) is 10.5. The van der Waals surface area contributed by atoms with Crippen LogP contribution in [0.1, 0.15) is 11.8 Å². The lowest BCUT2D eigenvalue weighted by Gasteiger charge is -2.27. The standard InChI is InChI=1S/C13H19N2O16P3/c1-25-8(16)3-6-4-15(13(19)14-11(6)18)12-10(26-2)9(17)7(28-12)5-27-34(24)30-32(20,21)29-33(22,23)31-34/h4,7,9-10,12,17H,3,5H2,1-2H3,(H,20,21)(H,22,23)(H,14,18,19)/t7-,9?,10?,12-/m1/s1. The van der Waals surface area contributed by atoms with Gasteiger partial charge in [0.2, 0.25) is 0 Å². The lowest BCUT2D eigenvalue weighted by molar-refractivity contribution is -0.139. The molecule has 0 aliphatic carbocycles. The van der Waals surface area contributed by atoms with Crippen LogP contribution in [0.15, 0.2) is 15.8 Å². The fourth-order valence-electron chi connectivity index (χ4n) is 3.04. The minimum absolute atomic E-state index is 0.176. The second kappa shape index (κ2) is 9.85. The van der Waals surface area contributed by atoms with E-state index in [2.05, 4.69) is 17.7 Å². The number of methoxy groups -OCH3 is 2. The molecule has 21 heteroatoms. The Labute approximate surface area is 189 Å². The number of H-pyrrole nitrogens is 1. The number of rotatable bonds is 7. The maximum atomic E-state index is 12.4. The number of nitrogens with zero attached hydrogens (tertiary/aromatic N) is 1. The monoisotopic (exact) mass is 552 g/mol. The summed E-state index contributed by atoms with van der Waals surface area (Å²) in [4.78, 5) is 56.3. The van der Waals surface area contributed by atoms with Crippen LogP contribution in [0.5, 0.6) is 0 Å². The smallest absolute Gasteiger partial charge is 0.469 e. The molecule has 34 heavy (non-hydrogen) atoms. The second-order valence-corrected chi connectivity index (χ2v) is 11.7. The number of hydrogen-bond acceptors (Lipinski definition) is 14. The van der Waals surface area contributed by atoms with Crippen molar-refractivity contribution in [3.63, 3.8) is 0 Å². The van der Waals surface area contributed by atoms with E-state index in [0.717, 1.165) is 25.0 Å². The molecule has 4 N–H and O–H groups in total. The highest BCUT2D eigenvalue weighted by Gasteiger charge is 2.55. The van der Waals surface area contributed by atoms with Gasteiger partial charge in [0.25, 0.3) is 5.56 Å². The Morgan fingerprint density at radius 1 is 1.15 bits per heavy atom. The molecule has 2 aliphatic rings. The van der Waals surface area contributed by atoms with Crippen LogP contribution in [0.25, 0.3) is 0 Å². The third-order valence-electron chi connectivity index (χ3n) is 4.47. The van der Waals surface area contributed by atoms with Gasteiger partial charge in [-0.3, -0.25) is 23.7 Å². The zero-order chi connectivity index (χ0) is 25.5. The zero-order valence-corrected chi connectivity index (χ0v) is 19.9. The molecule has 0 spiro atoms. The van der Waals surface area contributed by atoms with Crippen molar-refractivity contribution < 1.29 is 65.0 Å². The van der Waals surface area contributed by atoms with Crippen molar-refractivity contribution in [1.82, 2.24) is 9.55 Å². The number of aromatic nitrogens is 2. The SMILES string of the molecule is COC(=O)Cc1cn([C@@H]2O[C@H](COP3(=O)OP(=O)(O)OP(=O)(O)O3)C(O)C2OC)c(=O)[nH]c1=O. The first-order valence-electron chi connectivity index (χ1n) is 9.01. The summed E-state index contributed by atoms with van der Waals surface area (Å²) in [6.07, 6.45) is -5.26. The van der Waals surface area contributed by atoms with E-state index in [1.54, 1.807) is 0 Å². The molecule has 0 aromatic carbocycles. The molecule has 1 aromatic rings. The van der Waals surface area contributed by atoms with E-state index in [1.165, 1.54) is 0 Å². The van der Waals surface area contributed by atoms with Crippen LogP contribution in [0.2, 0.25) is 0 Å². The molecular weight excluding hydrogens is 533 g/mol. The molecular formula is C13H19N2O16P3. The van der Waals surface area contributed by atoms with E-state index in [-0.39, 0.29) is 5.56 Å². The lowest BCUT2D eigenvalue weighted by Crippen LogP contribution is -2.40. The molecule has 4 unspecified atom stereocenters. The Morgan fingerprint density at radius 3 is 2.32 bits per heavy atom. The first-order valence-corrected chi connectivity index (χ1v) is 13.5. The molecule has 192 valence electrons. The first-order chi connectivity index (χ1) is 15.7. The summed E-state index contributed by atoms with van der Waals surface area (Å²) in [6.45, 7) is -0.915. The summed E-state index contributed by atoms with van der Waals surface area (Å²) < 4.78 is 68.0. The van der Waals surface area contributed by atoms with E-state index in [9.17, 15) is 43.0 Å². The van der Waals surface area contributed by atoms with Crippen molar-refractivity contribution in [2.45, 2.75) is 31.0 Å². The summed E-state index contributed by atoms with van der Waals surface area (Å²) >= 11 is 0. The highest BCUT2D eigenvalue weighted by molar-refractivity contribution is 7.74. The number of aliphatic hydroxyl groups is 1. The minimum atomic E-state index is -5.29. The molecule has 18 nitrogen and oxygen atoms in total. The van der Waals surface area contributed by atoms with Crippen LogP contribution >= 0.6 is 23.5 Å². The molecule has 2 aliphatic heterocycles. The molecule has 2 fully saturated rings. The number of esters is 1. The average Bonchev–Trinajstić information content (AvgIpc) is 3.00. The van der Waals surface area contributed by atoms with E-state index in [0.29, 0.717) is 0 Å². The van der Waals surface area contributed by atoms with Gasteiger partial charge in [-0.1, -0.05) is 0 Å². The van der Waals surface area contributed by atoms with Gasteiger partial charge in [0.15, 0.2) is 6.23 Å². The van der Waals surface area contributed by atoms with Gasteiger partial charge in [-0.15, -0.1) is 0 Å². The molecule has 0 amide bonds. The van der Waals surface area contributed by atoms with Gasteiger partial charge in [0.05, 0.1) is 20.1 Å². The molecule has 3 heterocycles. The average molecular weight is 552 g/mol. The maximum absolute atomic E-state index is 12.4. The van der Waals surface area contributed by atoms with Crippen LogP contribution in [0.4, 0.5) is 0 Å². The largest absolute Gasteiger partial charge is 0.492 e. The third kappa shape index (κ3) is 5.99. The van der Waals surface area contributed by atoms with Crippen LogP contribution in [0.3, 0.4) is 0 Å². The van der Waals surface area contributed by atoms with E-state index in [4.69, 9.17) is 14.0 Å². The van der Waals surface area contributed by atoms with E-state index >= 15 is 0 Å². The number of phosphoric acid groups is 3. The zero-order valence-electron chi connectivity index (χ0n) is 17.2. The Balaban J connectivity index is 1.83. The van der Waals surface area contributed by atoms with Crippen LogP contribution in [-0.2, 0) is 56.6 Å². The van der Waals surface area contributed by atoms with Gasteiger partial charge in [-0.25, -0.2) is 18.5 Å². The van der Waals surface area contributed by atoms with Gasteiger partial charge in [0, 0.05) is 18.9 Å². The van der Waals surface area contributed by atoms with Gasteiger partial charge in [-0.05, 0) is 0 Å². The molecule has 1 aromatic heterocycles. The van der Waals surface area contributed by atoms with Crippen molar-refractivity contribution in [3.8, 4) is 0 Å². The summed E-state index contributed by atoms with van der Waals surface area (Å²) in [7, 11) is -13.5. The Hall–Kier alpha value is -1.52. The highest BCUT2D eigenvalue weighted by atomic mass is 31.3. The summed E-state index contributed by atoms with van der Waals surface area (Å²) in [6, 6.07) is 0. The topological polar surface area (TPSA) is 248 Å². The maximum Gasteiger partial charge on any atom is 0.492 e. The normalized spacial score (nSPS) is 38.0. The quantitative estimate of drug-likeness (QED) is 0.232. The number of aliphatic hydroxyl groups excluding tert-OH is 1. The molecule has 0 radical (unpaired) electrons. The Bertz CT molecular complexity index is 1180. The number of nitrogens with one attached hydrogen (secondary N) is 1. The van der Waals surface area contributed by atoms with Crippen molar-refractivity contribution in [3.05, 3.63) is 32.6 Å². The number of carbonyl (C=O) groups is 1. The first kappa shape index (κ1) is 27.1. The number of carbonyl (C=O) groups excluding carboxylic acids is 1. The van der Waals surface area contributed by atoms with E-state index in [1.807, 2.05) is 4.98 Å². The lowest BCUT2D eigenvalue weighted by atomic mass is 10.1. The van der Waals surface area contributed by atoms with Crippen molar-refractivity contribution >= 4 is 29.4 Å². The van der Waals surface area contributed by atoms with Crippen LogP contribution in [-0.4, -0.2) is 69.6 Å². The highest BCUT2D eigenvalue weighted by Crippen LogP contribution is 2.80. The van der Waals surface area contributed by atoms with Gasteiger partial charge in [0.1, 0.15) is 18.3 Å². The molecule has 3 rings (SSSR count). The minimum Gasteiger partial charge on any atom is -0.469 e. The van der Waals surface area contributed by atoms with Crippen LogP contribution in [0, 0.1) is 0 Å². The van der Waals surface area contributed by atoms with Crippen molar-refractivity contribution in [2.75, 3.05) is 20.8 Å². The Kier molecular flexibility index (Phi) is 7.85. The van der Waals surface area contributed by atoms with E-state index < -0.39 is 78.3 Å². The van der Waals surface area contributed by atoms with Gasteiger partial charge in [-0.2, -0.15) is 12.9 Å². The predicted octanol–water partition coefficient (Wildman–Crippen LogP) is -1.09. The number of ether oxygens (including phenoxy) is 3. The molecule has 0 bridgehead atoms. The second-order valence-electron chi connectivity index (χ2n) is 6.75. The fourth-order valence-corrected chi connectivity index (χ4v) is 7.98. The van der Waals surface area contributed by atoms with Crippen LogP contribution < -0.4 is 11.2 Å². The van der Waals surface area contributed by atoms with Gasteiger partial charge >= 0.3 is 35.1 Å². The van der Waals surface area contributed by atoms with Crippen molar-refractivity contribution in [1.29, 1.82) is 0 Å². The summed E-state index contributed by atoms with van der Waals surface area (Å²) in [5.74, 6) is -0.777. The predicted molar refractivity (Wildman–Crippen MR) is 104 cm³/mol. The number of hydrogen-bond donors (Lipinski definition) is 4. The van der Waals surface area contributed by atoms with Gasteiger partial charge < -0.3 is 29.1 Å². The third-order valence-corrected chi connectivity index (χ3v) is 9.84. The number of aromatic amines is 1. The molecule has 6 atom stereocenters. The Morgan fingerprint density at radius 2 is 1.76 bits per heavy atom. The molecule has 2 saturated heterocycles. The summed E-state index contributed by atoms with van der Waals surface area (Å²) in [5.41, 5.74) is -2.04. The fraction of sp³-hybridized carbons (Fsp3) is 0.615. The van der Waals surface area contributed by atoms with Crippen molar-refractivity contribution in [2.24, 2.45) is 0 Å². The molecule has 0 saturated carbocycles.